The van der Waals surface area contributed by atoms with Crippen LogP contribution < -0.4 is 35.2 Å². The van der Waals surface area contributed by atoms with Gasteiger partial charge in [-0.2, -0.15) is 13.2 Å². The summed E-state index contributed by atoms with van der Waals surface area (Å²) in [5, 5.41) is 5.66. The zero-order chi connectivity index (χ0) is 42.3. The van der Waals surface area contributed by atoms with Gasteiger partial charge in [-0.3, -0.25) is 0 Å². The van der Waals surface area contributed by atoms with Crippen molar-refractivity contribution < 1.29 is 66.1 Å². The van der Waals surface area contributed by atoms with E-state index in [0.717, 1.165) is 0 Å². The maximum Gasteiger partial charge on any atom is 1.00 e. The number of esters is 3. The Morgan fingerprint density at radius 1 is 0.590 bits per heavy atom. The molecule has 0 saturated carbocycles. The number of nitrogens with zero attached hydrogens (tertiary/aromatic N) is 9. The van der Waals surface area contributed by atoms with Crippen LogP contribution in [-0.4, -0.2) is 88.1 Å². The summed E-state index contributed by atoms with van der Waals surface area (Å²) in [5.74, 6) is -2.94. The van der Waals surface area contributed by atoms with E-state index in [1.807, 2.05) is 0 Å². The van der Waals surface area contributed by atoms with Crippen LogP contribution in [0.5, 0.6) is 0 Å². The molecule has 0 amide bonds. The van der Waals surface area contributed by atoms with Gasteiger partial charge in [0.05, 0.1) is 36.9 Å². The number of hydrogen-bond acceptors (Lipinski definition) is 19. The Bertz CT molecular complexity index is 2150. The van der Waals surface area contributed by atoms with Crippen LogP contribution in [-0.2, 0) is 14.2 Å². The molecular weight excluding hydrogens is 824 g/mol. The van der Waals surface area contributed by atoms with Crippen molar-refractivity contribution in [2.45, 2.75) is 28.2 Å². The molecule has 0 aliphatic carbocycles. The third-order valence-electron chi connectivity index (χ3n) is 6.25. The predicted molar refractivity (Wildman–Crippen MR) is 211 cm³/mol. The standard InChI is InChI=1S/2C12H11FN4O2.C7H7ClN2O2.C5H5FN2.CH4.Li.H2O/c2*1-2-19-12(18)9-6-10(16-7-15-9)17-8-4-3-5-14-11(8)13;1-2-12-7(11)5-3-6(8)10-4-9-5;6-5-4(7)2-1-3-8-5;;;/h2*3-7H,2H2,1H3,(H,15,16,17);3-4H,2H2,1H3;1-3H,7H2;1H4;;1H2/q;;;;;+1;/p-1. The van der Waals surface area contributed by atoms with Gasteiger partial charge in [-0.25, -0.2) is 59.2 Å². The van der Waals surface area contributed by atoms with E-state index in [1.165, 1.54) is 74.0 Å². The number of aromatic nitrogens is 9. The van der Waals surface area contributed by atoms with Gasteiger partial charge < -0.3 is 36.1 Å². The minimum atomic E-state index is -0.654. The number of carbonyl (C=O) groups is 3. The molecule has 0 radical (unpaired) electrons. The van der Waals surface area contributed by atoms with Crippen LogP contribution in [0.4, 0.5) is 41.9 Å². The summed E-state index contributed by atoms with van der Waals surface area (Å²) in [6, 6.07) is 13.3. The van der Waals surface area contributed by atoms with Crippen LogP contribution in [0, 0.1) is 17.8 Å². The summed E-state index contributed by atoms with van der Waals surface area (Å²) >= 11 is 5.53. The van der Waals surface area contributed by atoms with Gasteiger partial charge in [0.25, 0.3) is 0 Å². The zero-order valence-corrected chi connectivity index (χ0v) is 33.0. The summed E-state index contributed by atoms with van der Waals surface area (Å²) in [5.41, 5.74) is 5.88. The van der Waals surface area contributed by atoms with E-state index < -0.39 is 35.8 Å². The summed E-state index contributed by atoms with van der Waals surface area (Å²) in [4.78, 5) is 67.0. The van der Waals surface area contributed by atoms with E-state index in [4.69, 9.17) is 31.5 Å². The van der Waals surface area contributed by atoms with Crippen molar-refractivity contribution in [3.05, 3.63) is 132 Å². The Balaban J connectivity index is 0.000000809. The number of anilines is 5. The third-order valence-corrected chi connectivity index (χ3v) is 6.46. The molecule has 61 heavy (non-hydrogen) atoms. The monoisotopic (exact) mass is 862 g/mol. The minimum Gasteiger partial charge on any atom is -0.870 e. The molecule has 19 nitrogen and oxygen atoms in total. The number of rotatable bonds is 10. The maximum absolute atomic E-state index is 13.3. The zero-order valence-electron chi connectivity index (χ0n) is 32.3. The molecule has 5 N–H and O–H groups in total. The first-order valence-corrected chi connectivity index (χ1v) is 17.1. The largest absolute Gasteiger partial charge is 1.00 e. The van der Waals surface area contributed by atoms with Crippen molar-refractivity contribution in [3.8, 4) is 0 Å². The third kappa shape index (κ3) is 19.2. The molecule has 6 rings (SSSR count). The predicted octanol–water partition coefficient (Wildman–Crippen LogP) is 3.43. The second-order valence-corrected chi connectivity index (χ2v) is 10.7. The van der Waals surface area contributed by atoms with Crippen LogP contribution >= 0.6 is 11.6 Å². The van der Waals surface area contributed by atoms with Gasteiger partial charge in [-0.05, 0) is 57.2 Å². The molecule has 24 heteroatoms. The fourth-order valence-corrected chi connectivity index (χ4v) is 3.91. The average Bonchev–Trinajstić information content (AvgIpc) is 3.22. The quantitative estimate of drug-likeness (QED) is 0.0585. The topological polar surface area (TPSA) is 275 Å². The fourth-order valence-electron chi connectivity index (χ4n) is 3.77. The molecule has 0 bridgehead atoms. The second kappa shape index (κ2) is 29.4. The SMILES string of the molecule is C.CCOC(=O)c1cc(Cl)ncn1.CCOC(=O)c1cc(Nc2cccnc2F)ncn1.CCOC(=O)c1cc(Nc2cccnc2F)ncn1.Nc1cccnc1F.[Li+].[OH-]. The fraction of sp³-hybridized carbons (Fsp3) is 0.189. The molecule has 6 aromatic heterocycles. The van der Waals surface area contributed by atoms with Gasteiger partial charge in [0.1, 0.15) is 35.8 Å². The molecule has 0 aromatic carbocycles. The second-order valence-electron chi connectivity index (χ2n) is 10.3. The summed E-state index contributed by atoms with van der Waals surface area (Å²) in [6.07, 6.45) is 7.64. The van der Waals surface area contributed by atoms with E-state index in [0.29, 0.717) is 6.61 Å². The first kappa shape index (κ1) is 54.1. The maximum atomic E-state index is 13.3. The smallest absolute Gasteiger partial charge is 0.870 e. The van der Waals surface area contributed by atoms with E-state index >= 15 is 0 Å². The van der Waals surface area contributed by atoms with Crippen LogP contribution in [0.25, 0.3) is 0 Å². The molecular formula is C37H39ClF3LiN12O7. The molecule has 0 saturated heterocycles. The summed E-state index contributed by atoms with van der Waals surface area (Å²) in [7, 11) is 0. The average molecular weight is 863 g/mol. The normalized spacial score (nSPS) is 9.30. The Kier molecular flexibility index (Phi) is 26.1. The van der Waals surface area contributed by atoms with Gasteiger partial charge in [0.15, 0.2) is 17.1 Å². The van der Waals surface area contributed by atoms with E-state index in [2.05, 4.69) is 55.5 Å². The van der Waals surface area contributed by atoms with Gasteiger partial charge in [-0.15, -0.1) is 0 Å². The molecule has 0 unspecified atom stereocenters. The van der Waals surface area contributed by atoms with Gasteiger partial charge in [-0.1, -0.05) is 19.0 Å². The molecule has 0 atom stereocenters. The van der Waals surface area contributed by atoms with E-state index in [9.17, 15) is 27.6 Å². The van der Waals surface area contributed by atoms with Crippen molar-refractivity contribution in [1.82, 2.24) is 44.9 Å². The van der Waals surface area contributed by atoms with Crippen LogP contribution in [0.1, 0.15) is 59.7 Å². The Morgan fingerprint density at radius 2 is 0.951 bits per heavy atom. The number of nitrogens with one attached hydrogen (secondary N) is 2. The van der Waals surface area contributed by atoms with E-state index in [-0.39, 0.29) is 95.9 Å². The van der Waals surface area contributed by atoms with Crippen molar-refractivity contribution in [2.75, 3.05) is 36.2 Å². The summed E-state index contributed by atoms with van der Waals surface area (Å²) < 4.78 is 53.1. The van der Waals surface area contributed by atoms with Gasteiger partial charge >= 0.3 is 36.8 Å². The van der Waals surface area contributed by atoms with Crippen molar-refractivity contribution >= 4 is 58.2 Å². The Morgan fingerprint density at radius 3 is 1.28 bits per heavy atom. The Hall–Kier alpha value is -6.86. The number of pyridine rings is 3. The number of nitrogens with two attached hydrogens (primary N) is 1. The first-order valence-electron chi connectivity index (χ1n) is 16.7. The summed E-state index contributed by atoms with van der Waals surface area (Å²) in [6.45, 7) is 5.94. The Labute approximate surface area is 364 Å². The van der Waals surface area contributed by atoms with Crippen molar-refractivity contribution in [3.63, 3.8) is 0 Å². The number of halogens is 4. The molecule has 0 spiro atoms. The molecule has 318 valence electrons. The molecule has 6 heterocycles. The number of nitrogen functional groups attached to an aromatic ring is 1. The van der Waals surface area contributed by atoms with Crippen molar-refractivity contribution in [1.29, 1.82) is 0 Å². The molecule has 0 aliphatic rings. The van der Waals surface area contributed by atoms with Crippen LogP contribution in [0.2, 0.25) is 5.15 Å². The van der Waals surface area contributed by atoms with Crippen molar-refractivity contribution in [2.24, 2.45) is 0 Å². The number of carbonyl (C=O) groups excluding carboxylic acids is 3. The van der Waals surface area contributed by atoms with E-state index in [1.54, 1.807) is 39.0 Å². The van der Waals surface area contributed by atoms with Crippen LogP contribution in [0.3, 0.4) is 0 Å². The molecule has 6 aromatic rings. The molecule has 0 fully saturated rings. The van der Waals surface area contributed by atoms with Gasteiger partial charge in [0, 0.05) is 36.8 Å². The first-order chi connectivity index (χ1) is 27.9. The van der Waals surface area contributed by atoms with Crippen LogP contribution in [0.15, 0.2) is 92.2 Å². The number of ether oxygens (including phenoxy) is 3. The minimum absolute atomic E-state index is 0. The van der Waals surface area contributed by atoms with Gasteiger partial charge in [0.2, 0.25) is 17.8 Å². The number of hydrogen-bond donors (Lipinski definition) is 3. The molecule has 0 aliphatic heterocycles.